The lowest BCUT2D eigenvalue weighted by Gasteiger charge is -2.54. The van der Waals surface area contributed by atoms with Crippen molar-refractivity contribution in [1.82, 2.24) is 0 Å². The highest BCUT2D eigenvalue weighted by Gasteiger charge is 2.62. The number of Topliss-reactive ketones (excluding diaryl/α,β-unsaturated/α-hetero) is 1. The van der Waals surface area contributed by atoms with Crippen LogP contribution in [0.15, 0.2) is 0 Å². The monoisotopic (exact) mass is 420 g/mol. The van der Waals surface area contributed by atoms with Crippen molar-refractivity contribution in [3.05, 3.63) is 0 Å². The van der Waals surface area contributed by atoms with Gasteiger partial charge in [0.1, 0.15) is 24.1 Å². The van der Waals surface area contributed by atoms with Crippen molar-refractivity contribution >= 4 is 23.7 Å². The molecule has 3 saturated carbocycles. The maximum Gasteiger partial charge on any atom is 0.306 e. The van der Waals surface area contributed by atoms with Crippen molar-refractivity contribution in [2.75, 3.05) is 0 Å². The van der Waals surface area contributed by atoms with E-state index >= 15 is 0 Å². The van der Waals surface area contributed by atoms with Crippen molar-refractivity contribution < 1.29 is 33.4 Å². The van der Waals surface area contributed by atoms with Gasteiger partial charge in [0.2, 0.25) is 0 Å². The first-order chi connectivity index (χ1) is 14.0. The first kappa shape index (κ1) is 21.3. The Kier molecular flexibility index (Phi) is 5.22. The summed E-state index contributed by atoms with van der Waals surface area (Å²) < 4.78 is 17.0. The van der Waals surface area contributed by atoms with Crippen molar-refractivity contribution in [2.24, 2.45) is 28.6 Å². The molecule has 0 N–H and O–H groups in total. The van der Waals surface area contributed by atoms with Gasteiger partial charge in [0.05, 0.1) is 0 Å². The molecule has 0 aromatic rings. The van der Waals surface area contributed by atoms with E-state index in [0.29, 0.717) is 31.5 Å². The molecule has 4 aliphatic rings. The molecule has 1 aliphatic heterocycles. The third kappa shape index (κ3) is 3.34. The van der Waals surface area contributed by atoms with Crippen LogP contribution in [0.25, 0.3) is 0 Å². The van der Waals surface area contributed by atoms with Gasteiger partial charge in [-0.15, -0.1) is 0 Å². The zero-order valence-corrected chi connectivity index (χ0v) is 18.3. The Morgan fingerprint density at radius 3 is 2.33 bits per heavy atom. The molecule has 0 radical (unpaired) electrons. The van der Waals surface area contributed by atoms with E-state index < -0.39 is 35.7 Å². The topological polar surface area (TPSA) is 96.0 Å². The summed E-state index contributed by atoms with van der Waals surface area (Å²) >= 11 is 0. The minimum atomic E-state index is -0.629. The van der Waals surface area contributed by atoms with Gasteiger partial charge in [0.15, 0.2) is 0 Å². The van der Waals surface area contributed by atoms with Crippen molar-refractivity contribution in [2.45, 2.75) is 91.0 Å². The standard InChI is InChI=1S/C23H32O7/c1-12(24)28-17-10-20-23(4,11-18(17)29-13(2)25)16-7-8-22(3)15(5-6-19(22)26)14(16)9-21(27)30-20/h14-18,20H,5-11H2,1-4H3/t14-,15-,16-,17-,18+,20-,22-,23+/m0/s1. The first-order valence-electron chi connectivity index (χ1n) is 11.1. The van der Waals surface area contributed by atoms with Crippen LogP contribution in [0.2, 0.25) is 0 Å². The van der Waals surface area contributed by atoms with Crippen molar-refractivity contribution in [1.29, 1.82) is 0 Å². The normalized spacial score (nSPS) is 45.3. The lowest BCUT2D eigenvalue weighted by atomic mass is 9.51. The molecule has 0 amide bonds. The van der Waals surface area contributed by atoms with Gasteiger partial charge in [-0.3, -0.25) is 19.2 Å². The van der Waals surface area contributed by atoms with E-state index in [0.717, 1.165) is 19.3 Å². The molecule has 0 aromatic heterocycles. The lowest BCUT2D eigenvalue weighted by Crippen LogP contribution is -2.56. The van der Waals surface area contributed by atoms with Gasteiger partial charge in [0, 0.05) is 43.9 Å². The molecule has 1 heterocycles. The molecule has 1 saturated heterocycles. The molecule has 4 fully saturated rings. The number of esters is 3. The van der Waals surface area contributed by atoms with Gasteiger partial charge in [-0.05, 0) is 43.4 Å². The average Bonchev–Trinajstić information content (AvgIpc) is 2.88. The van der Waals surface area contributed by atoms with Crippen molar-refractivity contribution in [3.8, 4) is 0 Å². The van der Waals surface area contributed by atoms with Crippen LogP contribution in [0.1, 0.15) is 72.6 Å². The van der Waals surface area contributed by atoms with Gasteiger partial charge >= 0.3 is 17.9 Å². The number of carbonyl (C=O) groups excluding carboxylic acids is 4. The third-order valence-electron chi connectivity index (χ3n) is 8.54. The van der Waals surface area contributed by atoms with Crippen LogP contribution in [0.3, 0.4) is 0 Å². The van der Waals surface area contributed by atoms with Gasteiger partial charge in [-0.1, -0.05) is 13.8 Å². The van der Waals surface area contributed by atoms with Crippen LogP contribution >= 0.6 is 0 Å². The molecule has 0 bridgehead atoms. The summed E-state index contributed by atoms with van der Waals surface area (Å²) in [5.74, 6) is -0.327. The average molecular weight is 421 g/mol. The summed E-state index contributed by atoms with van der Waals surface area (Å²) in [5.41, 5.74) is -0.748. The fraction of sp³-hybridized carbons (Fsp3) is 0.826. The Bertz CT molecular complexity index is 776. The highest BCUT2D eigenvalue weighted by Crippen LogP contribution is 2.62. The molecular formula is C23H32O7. The van der Waals surface area contributed by atoms with Crippen LogP contribution in [0.5, 0.6) is 0 Å². The summed E-state index contributed by atoms with van der Waals surface area (Å²) in [4.78, 5) is 48.8. The summed E-state index contributed by atoms with van der Waals surface area (Å²) in [6.45, 7) is 6.87. The molecule has 0 spiro atoms. The van der Waals surface area contributed by atoms with Gasteiger partial charge in [-0.25, -0.2) is 0 Å². The Labute approximate surface area is 177 Å². The second-order valence-corrected chi connectivity index (χ2v) is 10.2. The van der Waals surface area contributed by atoms with Crippen LogP contribution < -0.4 is 0 Å². The number of fused-ring (bicyclic) bond motifs is 5. The summed E-state index contributed by atoms with van der Waals surface area (Å²) in [6, 6.07) is 0. The molecule has 3 aliphatic carbocycles. The second kappa shape index (κ2) is 7.34. The predicted octanol–water partition coefficient (Wildman–Crippen LogP) is 2.98. The van der Waals surface area contributed by atoms with E-state index in [1.54, 1.807) is 0 Å². The molecule has 166 valence electrons. The molecule has 7 heteroatoms. The maximum atomic E-state index is 12.8. The summed E-state index contributed by atoms with van der Waals surface area (Å²) in [6.07, 6.45) is 2.60. The van der Waals surface area contributed by atoms with E-state index in [9.17, 15) is 19.2 Å². The minimum Gasteiger partial charge on any atom is -0.462 e. The fourth-order valence-corrected chi connectivity index (χ4v) is 7.13. The van der Waals surface area contributed by atoms with Crippen LogP contribution in [0.4, 0.5) is 0 Å². The van der Waals surface area contributed by atoms with Crippen LogP contribution in [-0.2, 0) is 33.4 Å². The van der Waals surface area contributed by atoms with Gasteiger partial charge in [-0.2, -0.15) is 0 Å². The van der Waals surface area contributed by atoms with Crippen LogP contribution in [0, 0.1) is 28.6 Å². The number of carbonyl (C=O) groups is 4. The maximum absolute atomic E-state index is 12.8. The van der Waals surface area contributed by atoms with E-state index in [1.807, 2.05) is 0 Å². The summed E-state index contributed by atoms with van der Waals surface area (Å²) in [5, 5.41) is 0. The molecule has 0 unspecified atom stereocenters. The van der Waals surface area contributed by atoms with E-state index in [-0.39, 0.29) is 29.1 Å². The smallest absolute Gasteiger partial charge is 0.306 e. The summed E-state index contributed by atoms with van der Waals surface area (Å²) in [7, 11) is 0. The van der Waals surface area contributed by atoms with Gasteiger partial charge < -0.3 is 14.2 Å². The van der Waals surface area contributed by atoms with E-state index in [2.05, 4.69) is 13.8 Å². The van der Waals surface area contributed by atoms with E-state index in [1.165, 1.54) is 13.8 Å². The number of hydrogen-bond acceptors (Lipinski definition) is 7. The Hall–Kier alpha value is -1.92. The quantitative estimate of drug-likeness (QED) is 0.500. The van der Waals surface area contributed by atoms with Crippen molar-refractivity contribution in [3.63, 3.8) is 0 Å². The zero-order valence-electron chi connectivity index (χ0n) is 18.3. The first-order valence-corrected chi connectivity index (χ1v) is 11.1. The largest absolute Gasteiger partial charge is 0.462 e. The molecule has 4 rings (SSSR count). The highest BCUT2D eigenvalue weighted by molar-refractivity contribution is 5.87. The molecule has 30 heavy (non-hydrogen) atoms. The predicted molar refractivity (Wildman–Crippen MR) is 105 cm³/mol. The Morgan fingerprint density at radius 1 is 1.00 bits per heavy atom. The molecule has 0 aromatic carbocycles. The number of ether oxygens (including phenoxy) is 3. The SMILES string of the molecule is CC(=O)O[C@H]1C[C@@H]2OC(=O)C[C@@H]3[C@H](CC[C@]4(C)C(=O)CC[C@@H]34)[C@@]2(C)C[C@H]1OC(C)=O. The second-order valence-electron chi connectivity index (χ2n) is 10.2. The van der Waals surface area contributed by atoms with E-state index in [4.69, 9.17) is 14.2 Å². The highest BCUT2D eigenvalue weighted by atomic mass is 16.6. The molecule has 8 atom stereocenters. The third-order valence-corrected chi connectivity index (χ3v) is 8.54. The number of hydrogen-bond donors (Lipinski definition) is 0. The Balaban J connectivity index is 1.68. The van der Waals surface area contributed by atoms with Gasteiger partial charge in [0.25, 0.3) is 0 Å². The number of ketones is 1. The fourth-order valence-electron chi connectivity index (χ4n) is 7.13. The Morgan fingerprint density at radius 2 is 1.67 bits per heavy atom. The zero-order chi connectivity index (χ0) is 21.8. The minimum absolute atomic E-state index is 0.0842. The number of rotatable bonds is 2. The lowest BCUT2D eigenvalue weighted by molar-refractivity contribution is -0.197. The molecular weight excluding hydrogens is 388 g/mol. The molecule has 7 nitrogen and oxygen atoms in total. The van der Waals surface area contributed by atoms with Crippen LogP contribution in [-0.4, -0.2) is 42.0 Å².